The van der Waals surface area contributed by atoms with Crippen molar-refractivity contribution in [1.29, 1.82) is 0 Å². The topological polar surface area (TPSA) is 34.2 Å². The molecule has 0 atom stereocenters. The van der Waals surface area contributed by atoms with Gasteiger partial charge in [-0.3, -0.25) is 0 Å². The zero-order valence-corrected chi connectivity index (χ0v) is 7.50. The fraction of sp³-hybridized carbons (Fsp3) is 0.444. The van der Waals surface area contributed by atoms with E-state index in [1.807, 2.05) is 12.1 Å². The molecule has 1 rings (SSSR count). The second-order valence-electron chi connectivity index (χ2n) is 2.51. The van der Waals surface area contributed by atoms with Gasteiger partial charge in [0.1, 0.15) is 0 Å². The Morgan fingerprint density at radius 2 is 2.42 bits per heavy atom. The Kier molecular flexibility index (Phi) is 3.38. The average molecular weight is 166 g/mol. The highest BCUT2D eigenvalue weighted by atomic mass is 16.5. The van der Waals surface area contributed by atoms with Gasteiger partial charge in [0.2, 0.25) is 5.88 Å². The zero-order chi connectivity index (χ0) is 8.81. The Bertz CT molecular complexity index is 238. The van der Waals surface area contributed by atoms with E-state index in [0.717, 1.165) is 18.7 Å². The lowest BCUT2D eigenvalue weighted by Gasteiger charge is -2.04. The van der Waals surface area contributed by atoms with Crippen molar-refractivity contribution < 1.29 is 4.74 Å². The molecular weight excluding hydrogens is 152 g/mol. The van der Waals surface area contributed by atoms with Crippen LogP contribution in [0.3, 0.4) is 0 Å². The Labute approximate surface area is 72.8 Å². The van der Waals surface area contributed by atoms with Crippen molar-refractivity contribution in [3.05, 3.63) is 18.3 Å². The maximum absolute atomic E-state index is 4.98. The van der Waals surface area contributed by atoms with Crippen molar-refractivity contribution in [2.45, 2.75) is 13.3 Å². The highest BCUT2D eigenvalue weighted by Crippen LogP contribution is 2.12. The molecule has 1 heterocycles. The number of anilines is 1. The van der Waals surface area contributed by atoms with Gasteiger partial charge in [-0.2, -0.15) is 0 Å². The van der Waals surface area contributed by atoms with E-state index in [-0.39, 0.29) is 0 Å². The van der Waals surface area contributed by atoms with Crippen LogP contribution < -0.4 is 10.1 Å². The smallest absolute Gasteiger partial charge is 0.214 e. The highest BCUT2D eigenvalue weighted by Gasteiger charge is 1.93. The first-order valence-electron chi connectivity index (χ1n) is 4.10. The Morgan fingerprint density at radius 1 is 1.58 bits per heavy atom. The lowest BCUT2D eigenvalue weighted by Crippen LogP contribution is -2.00. The lowest BCUT2D eigenvalue weighted by molar-refractivity contribution is 0.398. The van der Waals surface area contributed by atoms with Gasteiger partial charge in [-0.05, 0) is 12.5 Å². The minimum absolute atomic E-state index is 0.649. The van der Waals surface area contributed by atoms with E-state index in [0.29, 0.717) is 5.88 Å². The Morgan fingerprint density at radius 3 is 3.08 bits per heavy atom. The Hall–Kier alpha value is -1.25. The first-order chi connectivity index (χ1) is 5.86. The van der Waals surface area contributed by atoms with Crippen molar-refractivity contribution in [2.24, 2.45) is 0 Å². The molecule has 0 spiro atoms. The van der Waals surface area contributed by atoms with E-state index >= 15 is 0 Å². The molecular formula is C9H14N2O. The van der Waals surface area contributed by atoms with E-state index < -0.39 is 0 Å². The molecule has 1 aromatic rings. The first kappa shape index (κ1) is 8.84. The molecule has 0 aliphatic heterocycles. The SMILES string of the molecule is CCCNc1ccnc(OC)c1. The van der Waals surface area contributed by atoms with Gasteiger partial charge >= 0.3 is 0 Å². The number of ether oxygens (including phenoxy) is 1. The third kappa shape index (κ3) is 2.42. The van der Waals surface area contributed by atoms with Crippen molar-refractivity contribution in [2.75, 3.05) is 19.0 Å². The van der Waals surface area contributed by atoms with Crippen LogP contribution in [0.25, 0.3) is 0 Å². The third-order valence-electron chi connectivity index (χ3n) is 1.52. The summed E-state index contributed by atoms with van der Waals surface area (Å²) in [5.74, 6) is 0.649. The summed E-state index contributed by atoms with van der Waals surface area (Å²) in [7, 11) is 1.62. The fourth-order valence-corrected chi connectivity index (χ4v) is 0.900. The molecule has 0 aromatic carbocycles. The number of nitrogens with zero attached hydrogens (tertiary/aromatic N) is 1. The summed E-state index contributed by atoms with van der Waals surface area (Å²) < 4.78 is 4.98. The molecule has 0 unspecified atom stereocenters. The third-order valence-corrected chi connectivity index (χ3v) is 1.52. The summed E-state index contributed by atoms with van der Waals surface area (Å²) in [5, 5.41) is 3.25. The predicted molar refractivity (Wildman–Crippen MR) is 49.6 cm³/mol. The standard InChI is InChI=1S/C9H14N2O/c1-3-5-10-8-4-6-11-9(7-8)12-2/h4,6-7H,3,5H2,1-2H3,(H,10,11). The van der Waals surface area contributed by atoms with E-state index in [9.17, 15) is 0 Å². The molecule has 0 saturated carbocycles. The number of aromatic nitrogens is 1. The van der Waals surface area contributed by atoms with Gasteiger partial charge in [0, 0.05) is 24.5 Å². The molecule has 3 nitrogen and oxygen atoms in total. The largest absolute Gasteiger partial charge is 0.481 e. The van der Waals surface area contributed by atoms with Gasteiger partial charge in [-0.25, -0.2) is 4.98 Å². The van der Waals surface area contributed by atoms with Gasteiger partial charge < -0.3 is 10.1 Å². The van der Waals surface area contributed by atoms with Crippen LogP contribution in [0.5, 0.6) is 5.88 Å². The second kappa shape index (κ2) is 4.59. The van der Waals surface area contributed by atoms with Crippen molar-refractivity contribution in [1.82, 2.24) is 4.98 Å². The van der Waals surface area contributed by atoms with Crippen molar-refractivity contribution >= 4 is 5.69 Å². The van der Waals surface area contributed by atoms with Crippen molar-refractivity contribution in [3.8, 4) is 5.88 Å². The summed E-state index contributed by atoms with van der Waals surface area (Å²) in [5.41, 5.74) is 1.06. The van der Waals surface area contributed by atoms with Crippen LogP contribution in [-0.4, -0.2) is 18.6 Å². The average Bonchev–Trinajstić information content (AvgIpc) is 2.15. The summed E-state index contributed by atoms with van der Waals surface area (Å²) in [6, 6.07) is 3.81. The van der Waals surface area contributed by atoms with E-state index in [4.69, 9.17) is 4.74 Å². The Balaban J connectivity index is 2.60. The minimum Gasteiger partial charge on any atom is -0.481 e. The summed E-state index contributed by atoms with van der Waals surface area (Å²) in [6.45, 7) is 3.11. The molecule has 12 heavy (non-hydrogen) atoms. The number of rotatable bonds is 4. The lowest BCUT2D eigenvalue weighted by atomic mass is 10.4. The molecule has 0 radical (unpaired) electrons. The van der Waals surface area contributed by atoms with Crippen LogP contribution in [0.2, 0.25) is 0 Å². The minimum atomic E-state index is 0.649. The molecule has 0 amide bonds. The van der Waals surface area contributed by atoms with Gasteiger partial charge in [-0.1, -0.05) is 6.92 Å². The molecule has 1 aromatic heterocycles. The number of methoxy groups -OCH3 is 1. The quantitative estimate of drug-likeness (QED) is 0.742. The molecule has 0 saturated heterocycles. The van der Waals surface area contributed by atoms with Crippen LogP contribution in [0.1, 0.15) is 13.3 Å². The van der Waals surface area contributed by atoms with E-state index in [1.165, 1.54) is 0 Å². The number of hydrogen-bond acceptors (Lipinski definition) is 3. The number of pyridine rings is 1. The molecule has 3 heteroatoms. The van der Waals surface area contributed by atoms with E-state index in [2.05, 4.69) is 17.2 Å². The molecule has 0 aliphatic carbocycles. The van der Waals surface area contributed by atoms with Crippen molar-refractivity contribution in [3.63, 3.8) is 0 Å². The van der Waals surface area contributed by atoms with Crippen LogP contribution in [0, 0.1) is 0 Å². The first-order valence-corrected chi connectivity index (χ1v) is 4.10. The normalized spacial score (nSPS) is 9.50. The monoisotopic (exact) mass is 166 g/mol. The number of nitrogens with one attached hydrogen (secondary N) is 1. The second-order valence-corrected chi connectivity index (χ2v) is 2.51. The van der Waals surface area contributed by atoms with Crippen LogP contribution in [-0.2, 0) is 0 Å². The summed E-state index contributed by atoms with van der Waals surface area (Å²) in [4.78, 5) is 4.00. The van der Waals surface area contributed by atoms with Crippen LogP contribution >= 0.6 is 0 Å². The van der Waals surface area contributed by atoms with Gasteiger partial charge in [0.05, 0.1) is 7.11 Å². The fourth-order valence-electron chi connectivity index (χ4n) is 0.900. The molecule has 66 valence electrons. The maximum atomic E-state index is 4.98. The van der Waals surface area contributed by atoms with Gasteiger partial charge in [0.25, 0.3) is 0 Å². The van der Waals surface area contributed by atoms with E-state index in [1.54, 1.807) is 13.3 Å². The van der Waals surface area contributed by atoms with Gasteiger partial charge in [0.15, 0.2) is 0 Å². The van der Waals surface area contributed by atoms with Crippen LogP contribution in [0.15, 0.2) is 18.3 Å². The maximum Gasteiger partial charge on any atom is 0.214 e. The number of hydrogen-bond donors (Lipinski definition) is 1. The summed E-state index contributed by atoms with van der Waals surface area (Å²) in [6.07, 6.45) is 2.85. The summed E-state index contributed by atoms with van der Waals surface area (Å²) >= 11 is 0. The zero-order valence-electron chi connectivity index (χ0n) is 7.50. The highest BCUT2D eigenvalue weighted by molar-refractivity contribution is 5.44. The molecule has 0 aliphatic rings. The van der Waals surface area contributed by atoms with Crippen LogP contribution in [0.4, 0.5) is 5.69 Å². The molecule has 1 N–H and O–H groups in total. The molecule has 0 fully saturated rings. The predicted octanol–water partition coefficient (Wildman–Crippen LogP) is 1.91. The molecule has 0 bridgehead atoms. The van der Waals surface area contributed by atoms with Gasteiger partial charge in [-0.15, -0.1) is 0 Å².